The summed E-state index contributed by atoms with van der Waals surface area (Å²) < 4.78 is 10.1. The lowest BCUT2D eigenvalue weighted by atomic mass is 10.1. The molecule has 2 aromatic rings. The van der Waals surface area contributed by atoms with Crippen molar-refractivity contribution in [1.29, 1.82) is 0 Å². The van der Waals surface area contributed by atoms with Crippen LogP contribution >= 0.6 is 23.8 Å². The summed E-state index contributed by atoms with van der Waals surface area (Å²) in [4.78, 5) is 52.5. The van der Waals surface area contributed by atoms with Gasteiger partial charge in [-0.2, -0.15) is 0 Å². The molecule has 0 saturated carbocycles. The van der Waals surface area contributed by atoms with Crippen LogP contribution in [-0.2, 0) is 19.1 Å². The number of amides is 3. The predicted molar refractivity (Wildman–Crippen MR) is 143 cm³/mol. The molecule has 2 N–H and O–H groups in total. The van der Waals surface area contributed by atoms with E-state index in [2.05, 4.69) is 10.6 Å². The molecule has 196 valence electrons. The largest absolute Gasteiger partial charge is 0.495 e. The van der Waals surface area contributed by atoms with Crippen molar-refractivity contribution >= 4 is 64.0 Å². The van der Waals surface area contributed by atoms with E-state index in [9.17, 15) is 19.2 Å². The highest BCUT2D eigenvalue weighted by molar-refractivity contribution is 7.80. The van der Waals surface area contributed by atoms with E-state index in [1.54, 1.807) is 54.3 Å². The summed E-state index contributed by atoms with van der Waals surface area (Å²) in [7, 11) is 1.48. The van der Waals surface area contributed by atoms with Gasteiger partial charge in [-0.25, -0.2) is 4.79 Å². The molecule has 37 heavy (non-hydrogen) atoms. The third-order valence-electron chi connectivity index (χ3n) is 5.50. The minimum Gasteiger partial charge on any atom is -0.495 e. The number of hydrogen-bond acceptors (Lipinski definition) is 7. The summed E-state index contributed by atoms with van der Waals surface area (Å²) >= 11 is 11.8. The first-order valence-electron chi connectivity index (χ1n) is 11.5. The van der Waals surface area contributed by atoms with Crippen LogP contribution in [0.3, 0.4) is 0 Å². The molecule has 10 nitrogen and oxygen atoms in total. The molecule has 0 aromatic heterocycles. The molecular formula is C25H27ClN4O6S. The fourth-order valence-corrected chi connectivity index (χ4v) is 4.43. The normalized spacial score (nSPS) is 15.0. The van der Waals surface area contributed by atoms with Gasteiger partial charge < -0.3 is 25.0 Å². The molecule has 1 heterocycles. The molecule has 1 aliphatic heterocycles. The van der Waals surface area contributed by atoms with Crippen LogP contribution in [0.1, 0.15) is 30.6 Å². The van der Waals surface area contributed by atoms with Gasteiger partial charge in [-0.05, 0) is 61.6 Å². The molecule has 0 bridgehead atoms. The molecule has 12 heteroatoms. The van der Waals surface area contributed by atoms with Gasteiger partial charge in [0.2, 0.25) is 11.8 Å². The summed E-state index contributed by atoms with van der Waals surface area (Å²) in [6.45, 7) is 3.81. The first-order chi connectivity index (χ1) is 17.7. The van der Waals surface area contributed by atoms with Gasteiger partial charge in [0.05, 0.1) is 36.4 Å². The number of nitrogens with zero attached hydrogens (tertiary/aromatic N) is 2. The van der Waals surface area contributed by atoms with E-state index in [0.29, 0.717) is 27.7 Å². The summed E-state index contributed by atoms with van der Waals surface area (Å²) in [5, 5.41) is 5.90. The lowest BCUT2D eigenvalue weighted by molar-refractivity contribution is -0.124. The van der Waals surface area contributed by atoms with Crippen molar-refractivity contribution in [1.82, 2.24) is 10.2 Å². The zero-order valence-corrected chi connectivity index (χ0v) is 22.1. The van der Waals surface area contributed by atoms with Gasteiger partial charge in [-0.15, -0.1) is 0 Å². The maximum atomic E-state index is 13.5. The smallest absolute Gasteiger partial charge is 0.338 e. The van der Waals surface area contributed by atoms with E-state index in [1.165, 1.54) is 18.9 Å². The molecular weight excluding hydrogens is 520 g/mol. The third-order valence-corrected chi connectivity index (χ3v) is 6.21. The molecule has 1 fully saturated rings. The molecule has 1 aliphatic rings. The minimum absolute atomic E-state index is 0.188. The van der Waals surface area contributed by atoms with Crippen molar-refractivity contribution in [3.05, 3.63) is 53.1 Å². The third kappa shape index (κ3) is 6.75. The van der Waals surface area contributed by atoms with Crippen LogP contribution in [0, 0.1) is 0 Å². The molecule has 0 radical (unpaired) electrons. The van der Waals surface area contributed by atoms with Crippen molar-refractivity contribution in [3.63, 3.8) is 0 Å². The van der Waals surface area contributed by atoms with E-state index >= 15 is 0 Å². The number of methoxy groups -OCH3 is 1. The van der Waals surface area contributed by atoms with E-state index < -0.39 is 23.8 Å². The monoisotopic (exact) mass is 546 g/mol. The van der Waals surface area contributed by atoms with Gasteiger partial charge in [0.25, 0.3) is 5.91 Å². The molecule has 0 unspecified atom stereocenters. The number of anilines is 2. The quantitative estimate of drug-likeness (QED) is 0.345. The lowest BCUT2D eigenvalue weighted by Crippen LogP contribution is -2.42. The number of carbonyl (C=O) groups is 4. The number of esters is 1. The van der Waals surface area contributed by atoms with E-state index in [0.717, 1.165) is 0 Å². The fraction of sp³-hybridized carbons (Fsp3) is 0.320. The van der Waals surface area contributed by atoms with Crippen LogP contribution in [0.5, 0.6) is 5.75 Å². The number of carbonyl (C=O) groups excluding carboxylic acids is 4. The Balaban J connectivity index is 1.78. The first kappa shape index (κ1) is 27.9. The van der Waals surface area contributed by atoms with Gasteiger partial charge in [0.15, 0.2) is 5.11 Å². The van der Waals surface area contributed by atoms with Crippen LogP contribution < -0.4 is 20.3 Å². The van der Waals surface area contributed by atoms with Gasteiger partial charge in [-0.1, -0.05) is 11.6 Å². The molecule has 1 saturated heterocycles. The highest BCUT2D eigenvalue weighted by atomic mass is 35.5. The average molecular weight is 547 g/mol. The summed E-state index contributed by atoms with van der Waals surface area (Å²) in [6.07, 6.45) is -0.195. The van der Waals surface area contributed by atoms with Crippen molar-refractivity contribution < 1.29 is 28.7 Å². The van der Waals surface area contributed by atoms with E-state index in [-0.39, 0.29) is 37.1 Å². The Morgan fingerprint density at radius 3 is 2.43 bits per heavy atom. The highest BCUT2D eigenvalue weighted by Crippen LogP contribution is 2.33. The standard InChI is InChI=1S/C25H27ClN4O6S/c1-4-36-24(34)16-5-7-17(8-6-16)28-22(32)14-20-23(33)30(18-9-10-21(35-3)19(26)13-18)25(37)29(20)12-11-27-15(2)31/h5-10,13,20H,4,11-12,14H2,1-3H3,(H,27,31)(H,28,32)/t20-/m1/s1. The predicted octanol–water partition coefficient (Wildman–Crippen LogP) is 2.99. The molecule has 1 atom stereocenters. The Hall–Kier alpha value is -3.70. The number of hydrogen-bond donors (Lipinski definition) is 2. The van der Waals surface area contributed by atoms with Gasteiger partial charge in [0, 0.05) is 25.7 Å². The Bertz CT molecular complexity index is 1210. The van der Waals surface area contributed by atoms with Gasteiger partial charge >= 0.3 is 5.97 Å². The Kier molecular flexibility index (Phi) is 9.42. The lowest BCUT2D eigenvalue weighted by Gasteiger charge is -2.24. The van der Waals surface area contributed by atoms with Gasteiger partial charge in [0.1, 0.15) is 11.8 Å². The van der Waals surface area contributed by atoms with Crippen LogP contribution in [0.2, 0.25) is 5.02 Å². The zero-order chi connectivity index (χ0) is 27.1. The van der Waals surface area contributed by atoms with E-state index in [4.69, 9.17) is 33.3 Å². The van der Waals surface area contributed by atoms with Crippen LogP contribution in [0.25, 0.3) is 0 Å². The van der Waals surface area contributed by atoms with Crippen molar-refractivity contribution in [2.45, 2.75) is 26.3 Å². The number of halogens is 1. The van der Waals surface area contributed by atoms with Crippen molar-refractivity contribution in [2.75, 3.05) is 37.0 Å². The number of rotatable bonds is 10. The summed E-state index contributed by atoms with van der Waals surface area (Å²) in [5.74, 6) is -1.07. The topological polar surface area (TPSA) is 117 Å². The summed E-state index contributed by atoms with van der Waals surface area (Å²) in [5.41, 5.74) is 1.24. The Morgan fingerprint density at radius 2 is 1.84 bits per heavy atom. The SMILES string of the molecule is CCOC(=O)c1ccc(NC(=O)C[C@@H]2C(=O)N(c3ccc(OC)c(Cl)c3)C(=S)N2CCNC(C)=O)cc1. The average Bonchev–Trinajstić information content (AvgIpc) is 3.08. The van der Waals surface area contributed by atoms with Crippen molar-refractivity contribution in [2.24, 2.45) is 0 Å². The first-order valence-corrected chi connectivity index (χ1v) is 12.2. The molecule has 0 aliphatic carbocycles. The maximum absolute atomic E-state index is 13.5. The second-order valence-electron chi connectivity index (χ2n) is 8.02. The molecule has 2 aromatic carbocycles. The number of thiocarbonyl (C=S) groups is 1. The zero-order valence-electron chi connectivity index (χ0n) is 20.6. The second kappa shape index (κ2) is 12.5. The fourth-order valence-electron chi connectivity index (χ4n) is 3.76. The Labute approximate surface area is 224 Å². The number of benzene rings is 2. The highest BCUT2D eigenvalue weighted by Gasteiger charge is 2.44. The van der Waals surface area contributed by atoms with Crippen molar-refractivity contribution in [3.8, 4) is 5.75 Å². The Morgan fingerprint density at radius 1 is 1.14 bits per heavy atom. The van der Waals surface area contributed by atoms with Crippen LogP contribution in [0.4, 0.5) is 11.4 Å². The molecule has 0 spiro atoms. The van der Waals surface area contributed by atoms with Gasteiger partial charge in [-0.3, -0.25) is 19.3 Å². The van der Waals surface area contributed by atoms with Crippen LogP contribution in [0.15, 0.2) is 42.5 Å². The number of nitrogens with one attached hydrogen (secondary N) is 2. The number of ether oxygens (including phenoxy) is 2. The molecule has 3 amide bonds. The minimum atomic E-state index is -0.902. The van der Waals surface area contributed by atoms with Crippen LogP contribution in [-0.4, -0.2) is 66.6 Å². The van der Waals surface area contributed by atoms with E-state index in [1.807, 2.05) is 0 Å². The second-order valence-corrected chi connectivity index (χ2v) is 8.79. The molecule has 3 rings (SSSR count). The summed E-state index contributed by atoms with van der Waals surface area (Å²) in [6, 6.07) is 10.2. The maximum Gasteiger partial charge on any atom is 0.338 e.